The second-order valence-electron chi connectivity index (χ2n) is 7.56. The van der Waals surface area contributed by atoms with Crippen LogP contribution in [0.3, 0.4) is 0 Å². The van der Waals surface area contributed by atoms with Crippen molar-refractivity contribution in [3.63, 3.8) is 0 Å². The van der Waals surface area contributed by atoms with Gasteiger partial charge in [0.15, 0.2) is 5.96 Å². The Kier molecular flexibility index (Phi) is 11.4. The lowest BCUT2D eigenvalue weighted by Gasteiger charge is -2.30. The van der Waals surface area contributed by atoms with E-state index >= 15 is 0 Å². The van der Waals surface area contributed by atoms with Crippen LogP contribution in [-0.2, 0) is 17.3 Å². The van der Waals surface area contributed by atoms with Gasteiger partial charge in [0.25, 0.3) is 0 Å². The molecule has 1 fully saturated rings. The summed E-state index contributed by atoms with van der Waals surface area (Å²) in [5.74, 6) is 2.16. The van der Waals surface area contributed by atoms with Gasteiger partial charge >= 0.3 is 0 Å². The number of guanidine groups is 1. The Bertz CT molecular complexity index is 881. The van der Waals surface area contributed by atoms with Gasteiger partial charge in [0.2, 0.25) is 5.88 Å². The first-order chi connectivity index (χ1) is 15.1. The summed E-state index contributed by atoms with van der Waals surface area (Å²) in [6.45, 7) is 5.28. The van der Waals surface area contributed by atoms with Gasteiger partial charge in [-0.25, -0.2) is 14.4 Å². The van der Waals surface area contributed by atoms with E-state index in [1.165, 1.54) is 12.1 Å². The van der Waals surface area contributed by atoms with Crippen LogP contribution in [0.25, 0.3) is 0 Å². The zero-order chi connectivity index (χ0) is 22.1. The lowest BCUT2D eigenvalue weighted by molar-refractivity contribution is 0.413. The molecule has 1 heterocycles. The number of halogens is 2. The van der Waals surface area contributed by atoms with Crippen LogP contribution >= 0.6 is 24.0 Å². The van der Waals surface area contributed by atoms with E-state index in [1.807, 2.05) is 19.9 Å². The van der Waals surface area contributed by atoms with Gasteiger partial charge in [-0.1, -0.05) is 19.4 Å². The number of pyridine rings is 1. The van der Waals surface area contributed by atoms with E-state index in [0.717, 1.165) is 49.5 Å². The van der Waals surface area contributed by atoms with E-state index in [1.54, 1.807) is 24.4 Å². The van der Waals surface area contributed by atoms with Gasteiger partial charge < -0.3 is 15.4 Å². The lowest BCUT2D eigenvalue weighted by atomic mass is 9.95. The Labute approximate surface area is 209 Å². The average Bonchev–Trinajstić information content (AvgIpc) is 2.80. The number of hydrogen-bond donors (Lipinski definition) is 2. The predicted octanol–water partition coefficient (Wildman–Crippen LogP) is 4.77. The van der Waals surface area contributed by atoms with Crippen molar-refractivity contribution in [1.29, 1.82) is 0 Å². The molecule has 1 aromatic heterocycles. The molecule has 2 N–H and O–H groups in total. The van der Waals surface area contributed by atoms with Crippen LogP contribution in [0.15, 0.2) is 47.6 Å². The van der Waals surface area contributed by atoms with Crippen molar-refractivity contribution in [1.82, 2.24) is 15.6 Å². The summed E-state index contributed by atoms with van der Waals surface area (Å²) >= 11 is 0. The number of nitrogens with one attached hydrogen (secondary N) is 2. The quantitative estimate of drug-likeness (QED) is 0.270. The van der Waals surface area contributed by atoms with Crippen LogP contribution in [0.2, 0.25) is 0 Å². The summed E-state index contributed by atoms with van der Waals surface area (Å²) in [4.78, 5) is 9.00. The summed E-state index contributed by atoms with van der Waals surface area (Å²) in [6, 6.07) is 9.81. The Morgan fingerprint density at radius 1 is 1.22 bits per heavy atom. The van der Waals surface area contributed by atoms with Crippen molar-refractivity contribution in [3.05, 3.63) is 54.0 Å². The van der Waals surface area contributed by atoms with Gasteiger partial charge in [-0.05, 0) is 56.0 Å². The molecule has 0 bridgehead atoms. The number of nitrogens with zero attached hydrogens (tertiary/aromatic N) is 2. The molecule has 3 rings (SSSR count). The Hall–Kier alpha value is -1.75. The smallest absolute Gasteiger partial charge is 0.219 e. The first kappa shape index (κ1) is 26.5. The third-order valence-electron chi connectivity index (χ3n) is 5.22. The molecule has 1 aromatic carbocycles. The zero-order valence-corrected chi connectivity index (χ0v) is 21.7. The highest BCUT2D eigenvalue weighted by molar-refractivity contribution is 14.0. The molecular weight excluding hydrogens is 542 g/mol. The van der Waals surface area contributed by atoms with E-state index in [-0.39, 0.29) is 41.1 Å². The zero-order valence-electron chi connectivity index (χ0n) is 18.6. The van der Waals surface area contributed by atoms with E-state index in [4.69, 9.17) is 4.74 Å². The second kappa shape index (κ2) is 13.7. The van der Waals surface area contributed by atoms with Crippen LogP contribution < -0.4 is 15.4 Å². The molecule has 176 valence electrons. The molecule has 0 radical (unpaired) electrons. The Morgan fingerprint density at radius 2 is 2.00 bits per heavy atom. The molecule has 9 heteroatoms. The van der Waals surface area contributed by atoms with E-state index in [0.29, 0.717) is 18.2 Å². The molecule has 6 nitrogen and oxygen atoms in total. The first-order valence-corrected chi connectivity index (χ1v) is 12.3. The molecule has 3 atom stereocenters. The van der Waals surface area contributed by atoms with E-state index < -0.39 is 10.8 Å². The molecule has 2 aromatic rings. The van der Waals surface area contributed by atoms with E-state index in [9.17, 15) is 8.60 Å². The number of benzene rings is 1. The van der Waals surface area contributed by atoms with Gasteiger partial charge in [0, 0.05) is 46.7 Å². The molecule has 1 saturated carbocycles. The molecule has 3 unspecified atom stereocenters. The van der Waals surface area contributed by atoms with Gasteiger partial charge in [-0.15, -0.1) is 24.0 Å². The SMILES string of the molecule is CCNC(=NCc1ccc(Oc2ccc(F)cc2)nc1)NC1CCCC(S(=O)CC)C1.I. The van der Waals surface area contributed by atoms with Crippen molar-refractivity contribution < 1.29 is 13.3 Å². The topological polar surface area (TPSA) is 75.6 Å². The highest BCUT2D eigenvalue weighted by Crippen LogP contribution is 2.23. The highest BCUT2D eigenvalue weighted by Gasteiger charge is 2.26. The fourth-order valence-electron chi connectivity index (χ4n) is 3.62. The average molecular weight is 575 g/mol. The summed E-state index contributed by atoms with van der Waals surface area (Å²) in [7, 11) is -0.744. The summed E-state index contributed by atoms with van der Waals surface area (Å²) < 4.78 is 30.8. The molecule has 0 saturated heterocycles. The maximum absolute atomic E-state index is 13.0. The van der Waals surface area contributed by atoms with Gasteiger partial charge in [-0.2, -0.15) is 0 Å². The molecule has 1 aliphatic rings. The Balaban J connectivity index is 0.00000363. The highest BCUT2D eigenvalue weighted by atomic mass is 127. The predicted molar refractivity (Wildman–Crippen MR) is 139 cm³/mol. The maximum Gasteiger partial charge on any atom is 0.219 e. The fourth-order valence-corrected chi connectivity index (χ4v) is 4.97. The standard InChI is InChI=1S/C23H31FN4O2S.HI/c1-3-25-23(28-19-6-5-7-21(14-19)31(29)4-2)27-16-17-8-13-22(26-15-17)30-20-11-9-18(24)10-12-20;/h8-13,15,19,21H,3-7,14,16H2,1-2H3,(H2,25,27,28);1H. The van der Waals surface area contributed by atoms with Gasteiger partial charge in [0.1, 0.15) is 11.6 Å². The molecule has 0 aliphatic heterocycles. The van der Waals surface area contributed by atoms with Crippen LogP contribution in [0, 0.1) is 5.82 Å². The van der Waals surface area contributed by atoms with Crippen molar-refractivity contribution in [2.75, 3.05) is 12.3 Å². The van der Waals surface area contributed by atoms with Crippen molar-refractivity contribution in [2.24, 2.45) is 4.99 Å². The second-order valence-corrected chi connectivity index (χ2v) is 9.56. The first-order valence-electron chi connectivity index (χ1n) is 10.9. The molecule has 32 heavy (non-hydrogen) atoms. The monoisotopic (exact) mass is 574 g/mol. The van der Waals surface area contributed by atoms with Crippen molar-refractivity contribution >= 4 is 40.7 Å². The Morgan fingerprint density at radius 3 is 2.66 bits per heavy atom. The third kappa shape index (κ3) is 8.31. The summed E-state index contributed by atoms with van der Waals surface area (Å²) in [5.41, 5.74) is 0.956. The van der Waals surface area contributed by atoms with Crippen molar-refractivity contribution in [2.45, 2.75) is 57.4 Å². The number of ether oxygens (including phenoxy) is 1. The largest absolute Gasteiger partial charge is 0.439 e. The number of aromatic nitrogens is 1. The summed E-state index contributed by atoms with van der Waals surface area (Å²) in [6.07, 6.45) is 5.85. The van der Waals surface area contributed by atoms with Crippen LogP contribution in [0.4, 0.5) is 4.39 Å². The number of hydrogen-bond acceptors (Lipinski definition) is 4. The minimum atomic E-state index is -0.744. The number of aliphatic imine (C=N–C) groups is 1. The number of rotatable bonds is 8. The third-order valence-corrected chi connectivity index (χ3v) is 6.96. The van der Waals surface area contributed by atoms with Gasteiger partial charge in [-0.3, -0.25) is 4.21 Å². The molecule has 1 aliphatic carbocycles. The van der Waals surface area contributed by atoms with Crippen molar-refractivity contribution in [3.8, 4) is 11.6 Å². The summed E-state index contributed by atoms with van der Waals surface area (Å²) in [5, 5.41) is 7.08. The minimum absolute atomic E-state index is 0. The molecule has 0 spiro atoms. The maximum atomic E-state index is 13.0. The van der Waals surface area contributed by atoms with Crippen LogP contribution in [0.5, 0.6) is 11.6 Å². The normalized spacial score (nSPS) is 19.5. The fraction of sp³-hybridized carbons (Fsp3) is 0.478. The molecular formula is C23H32FIN4O2S. The van der Waals surface area contributed by atoms with E-state index in [2.05, 4.69) is 20.6 Å². The lowest BCUT2D eigenvalue weighted by Crippen LogP contribution is -2.46. The van der Waals surface area contributed by atoms with Gasteiger partial charge in [0.05, 0.1) is 6.54 Å². The minimum Gasteiger partial charge on any atom is -0.439 e. The molecule has 0 amide bonds. The van der Waals surface area contributed by atoms with Crippen LogP contribution in [0.1, 0.15) is 45.1 Å². The van der Waals surface area contributed by atoms with Crippen LogP contribution in [-0.4, -0.2) is 38.7 Å².